The van der Waals surface area contributed by atoms with Crippen molar-refractivity contribution in [3.05, 3.63) is 74.9 Å². The lowest BCUT2D eigenvalue weighted by Crippen LogP contribution is -2.26. The number of benzene rings is 2. The maximum Gasteiger partial charge on any atom is 0.265 e. The molecule has 0 saturated carbocycles. The first-order valence-corrected chi connectivity index (χ1v) is 10.1. The van der Waals surface area contributed by atoms with Crippen molar-refractivity contribution in [2.75, 3.05) is 19.2 Å². The fraction of sp³-hybridized carbons (Fsp3) is 0.143. The van der Waals surface area contributed by atoms with Gasteiger partial charge in [-0.25, -0.2) is 0 Å². The van der Waals surface area contributed by atoms with E-state index >= 15 is 0 Å². The number of hydrogen-bond acceptors (Lipinski definition) is 5. The van der Waals surface area contributed by atoms with Gasteiger partial charge in [0.25, 0.3) is 11.8 Å². The first-order valence-electron chi connectivity index (χ1n) is 8.79. The summed E-state index contributed by atoms with van der Waals surface area (Å²) in [7, 11) is 1.71. The van der Waals surface area contributed by atoms with E-state index in [2.05, 4.69) is 5.32 Å². The number of carbonyl (C=O) groups excluding carboxylic acids is 2. The zero-order valence-electron chi connectivity index (χ0n) is 15.5. The zero-order chi connectivity index (χ0) is 20.4. The van der Waals surface area contributed by atoms with Gasteiger partial charge in [-0.05, 0) is 47.3 Å². The van der Waals surface area contributed by atoms with Gasteiger partial charge in [0, 0.05) is 19.2 Å². The van der Waals surface area contributed by atoms with Crippen LogP contribution in [-0.2, 0) is 6.54 Å². The Hall–Kier alpha value is -3.03. The molecule has 2 amide bonds. The van der Waals surface area contributed by atoms with Crippen LogP contribution < -0.4 is 14.8 Å². The van der Waals surface area contributed by atoms with Crippen molar-refractivity contribution in [2.45, 2.75) is 6.54 Å². The van der Waals surface area contributed by atoms with Crippen LogP contribution in [0.3, 0.4) is 0 Å². The quantitative estimate of drug-likeness (QED) is 0.642. The highest BCUT2D eigenvalue weighted by Gasteiger charge is 2.18. The van der Waals surface area contributed by atoms with Crippen molar-refractivity contribution >= 4 is 40.4 Å². The Bertz CT molecular complexity index is 1070. The van der Waals surface area contributed by atoms with E-state index in [9.17, 15) is 9.59 Å². The molecule has 148 valence electrons. The summed E-state index contributed by atoms with van der Waals surface area (Å²) in [6.45, 7) is 0.604. The minimum Gasteiger partial charge on any atom is -0.454 e. The average molecular weight is 429 g/mol. The van der Waals surface area contributed by atoms with Gasteiger partial charge in [0.1, 0.15) is 0 Å². The van der Waals surface area contributed by atoms with Crippen LogP contribution >= 0.6 is 22.9 Å². The maximum absolute atomic E-state index is 12.9. The molecule has 0 fully saturated rings. The Balaban J connectivity index is 1.48. The number of rotatable bonds is 5. The Morgan fingerprint density at radius 1 is 1.14 bits per heavy atom. The molecule has 4 rings (SSSR count). The fourth-order valence-corrected chi connectivity index (χ4v) is 3.73. The third-order valence-corrected chi connectivity index (χ3v) is 5.61. The molecule has 6 nitrogen and oxygen atoms in total. The molecule has 1 N–H and O–H groups in total. The summed E-state index contributed by atoms with van der Waals surface area (Å²) < 4.78 is 10.7. The molecule has 8 heteroatoms. The molecule has 29 heavy (non-hydrogen) atoms. The maximum atomic E-state index is 12.9. The van der Waals surface area contributed by atoms with E-state index in [-0.39, 0.29) is 18.6 Å². The van der Waals surface area contributed by atoms with Crippen molar-refractivity contribution in [1.82, 2.24) is 4.90 Å². The lowest BCUT2D eigenvalue weighted by atomic mass is 10.1. The summed E-state index contributed by atoms with van der Waals surface area (Å²) in [4.78, 5) is 27.3. The lowest BCUT2D eigenvalue weighted by Gasteiger charge is -2.18. The molecule has 0 aliphatic carbocycles. The Morgan fingerprint density at radius 3 is 2.76 bits per heavy atom. The number of hydrogen-bond donors (Lipinski definition) is 1. The third-order valence-electron chi connectivity index (χ3n) is 4.41. The van der Waals surface area contributed by atoms with E-state index < -0.39 is 0 Å². The van der Waals surface area contributed by atoms with Crippen LogP contribution in [0.25, 0.3) is 0 Å². The number of fused-ring (bicyclic) bond motifs is 1. The van der Waals surface area contributed by atoms with E-state index in [0.717, 1.165) is 5.56 Å². The summed E-state index contributed by atoms with van der Waals surface area (Å²) in [6, 6.07) is 13.9. The van der Waals surface area contributed by atoms with Gasteiger partial charge in [-0.2, -0.15) is 0 Å². The molecule has 0 spiro atoms. The van der Waals surface area contributed by atoms with Crippen molar-refractivity contribution in [3.8, 4) is 11.5 Å². The standard InChI is InChI=1S/C21H17ClN2O4S/c1-24(11-13-4-7-17-18(9-13)28-12-27-17)21(26)14-5-6-15(22)16(10-14)23-20(25)19-3-2-8-29-19/h2-10H,11-12H2,1H3,(H,23,25). The summed E-state index contributed by atoms with van der Waals surface area (Å²) >= 11 is 7.54. The molecule has 0 saturated heterocycles. The highest BCUT2D eigenvalue weighted by atomic mass is 35.5. The van der Waals surface area contributed by atoms with Crippen molar-refractivity contribution in [1.29, 1.82) is 0 Å². The number of anilines is 1. The van der Waals surface area contributed by atoms with E-state index in [1.165, 1.54) is 11.3 Å². The molecular formula is C21H17ClN2O4S. The lowest BCUT2D eigenvalue weighted by molar-refractivity contribution is 0.0784. The molecule has 1 aliphatic rings. The van der Waals surface area contributed by atoms with Gasteiger partial charge in [0.05, 0.1) is 15.6 Å². The number of thiophene rings is 1. The molecule has 3 aromatic rings. The minimum absolute atomic E-state index is 0.189. The summed E-state index contributed by atoms with van der Waals surface area (Å²) in [5.74, 6) is 0.922. The predicted octanol–water partition coefficient (Wildman–Crippen LogP) is 4.65. The second-order valence-corrected chi connectivity index (χ2v) is 7.83. The van der Waals surface area contributed by atoms with E-state index in [0.29, 0.717) is 39.2 Å². The van der Waals surface area contributed by atoms with Crippen LogP contribution in [0.1, 0.15) is 25.6 Å². The molecule has 1 aliphatic heterocycles. The molecular weight excluding hydrogens is 412 g/mol. The Morgan fingerprint density at radius 2 is 1.97 bits per heavy atom. The van der Waals surface area contributed by atoms with Crippen molar-refractivity contribution in [3.63, 3.8) is 0 Å². The molecule has 0 atom stereocenters. The second-order valence-electron chi connectivity index (χ2n) is 6.47. The Kier molecular flexibility index (Phi) is 5.42. The molecule has 2 heterocycles. The van der Waals surface area contributed by atoms with Crippen LogP contribution in [0.15, 0.2) is 53.9 Å². The number of ether oxygens (including phenoxy) is 2. The predicted molar refractivity (Wildman–Crippen MR) is 112 cm³/mol. The van der Waals surface area contributed by atoms with E-state index in [1.54, 1.807) is 42.3 Å². The number of nitrogens with one attached hydrogen (secondary N) is 1. The molecule has 1 aromatic heterocycles. The zero-order valence-corrected chi connectivity index (χ0v) is 17.0. The highest BCUT2D eigenvalue weighted by Crippen LogP contribution is 2.33. The van der Waals surface area contributed by atoms with Gasteiger partial charge in [-0.1, -0.05) is 23.7 Å². The van der Waals surface area contributed by atoms with E-state index in [1.807, 2.05) is 23.6 Å². The normalized spacial score (nSPS) is 11.9. The van der Waals surface area contributed by atoms with Crippen molar-refractivity contribution < 1.29 is 19.1 Å². The second kappa shape index (κ2) is 8.14. The number of halogens is 1. The minimum atomic E-state index is -0.264. The molecule has 0 bridgehead atoms. The van der Waals surface area contributed by atoms with Crippen LogP contribution in [0.2, 0.25) is 5.02 Å². The van der Waals surface area contributed by atoms with Gasteiger partial charge in [0.2, 0.25) is 6.79 Å². The first-order chi connectivity index (χ1) is 14.0. The number of carbonyl (C=O) groups is 2. The van der Waals surface area contributed by atoms with Gasteiger partial charge in [-0.3, -0.25) is 9.59 Å². The number of nitrogens with zero attached hydrogens (tertiary/aromatic N) is 1. The molecule has 0 unspecified atom stereocenters. The average Bonchev–Trinajstić information content (AvgIpc) is 3.40. The summed E-state index contributed by atoms with van der Waals surface area (Å²) in [5.41, 5.74) is 1.75. The third kappa shape index (κ3) is 4.21. The topological polar surface area (TPSA) is 67.9 Å². The summed E-state index contributed by atoms with van der Waals surface area (Å²) in [6.07, 6.45) is 0. The largest absolute Gasteiger partial charge is 0.454 e. The van der Waals surface area contributed by atoms with Crippen LogP contribution in [0.5, 0.6) is 11.5 Å². The van der Waals surface area contributed by atoms with Crippen molar-refractivity contribution in [2.24, 2.45) is 0 Å². The van der Waals surface area contributed by atoms with Gasteiger partial charge in [-0.15, -0.1) is 11.3 Å². The Labute approximate surface area is 176 Å². The SMILES string of the molecule is CN(Cc1ccc2c(c1)OCO2)C(=O)c1ccc(Cl)c(NC(=O)c2cccs2)c1. The van der Waals surface area contributed by atoms with Gasteiger partial charge in [0.15, 0.2) is 11.5 Å². The van der Waals surface area contributed by atoms with E-state index in [4.69, 9.17) is 21.1 Å². The number of amides is 2. The highest BCUT2D eigenvalue weighted by molar-refractivity contribution is 7.12. The fourth-order valence-electron chi connectivity index (χ4n) is 2.95. The van der Waals surface area contributed by atoms with Gasteiger partial charge >= 0.3 is 0 Å². The smallest absolute Gasteiger partial charge is 0.265 e. The van der Waals surface area contributed by atoms with Crippen LogP contribution in [-0.4, -0.2) is 30.6 Å². The monoisotopic (exact) mass is 428 g/mol. The molecule has 0 radical (unpaired) electrons. The first kappa shape index (κ1) is 19.3. The van der Waals surface area contributed by atoms with Gasteiger partial charge < -0.3 is 19.7 Å². The summed E-state index contributed by atoms with van der Waals surface area (Å²) in [5, 5.41) is 4.95. The van der Waals surface area contributed by atoms with Crippen LogP contribution in [0.4, 0.5) is 5.69 Å². The molecule has 2 aromatic carbocycles. The van der Waals surface area contributed by atoms with Crippen LogP contribution in [0, 0.1) is 0 Å².